The third-order valence-electron chi connectivity index (χ3n) is 4.26. The maximum Gasteiger partial charge on any atom is 0.259 e. The van der Waals surface area contributed by atoms with Crippen LogP contribution < -0.4 is 15.4 Å². The van der Waals surface area contributed by atoms with Gasteiger partial charge < -0.3 is 19.8 Å². The molecular formula is C21H19N3O3. The molecule has 0 unspecified atom stereocenters. The normalized spacial score (nSPS) is 15.9. The van der Waals surface area contributed by atoms with Crippen molar-refractivity contribution in [2.24, 2.45) is 0 Å². The van der Waals surface area contributed by atoms with Gasteiger partial charge in [0.15, 0.2) is 17.9 Å². The fourth-order valence-corrected chi connectivity index (χ4v) is 3.08. The molecule has 0 saturated carbocycles. The van der Waals surface area contributed by atoms with Gasteiger partial charge in [-0.05, 0) is 31.2 Å². The van der Waals surface area contributed by atoms with Crippen molar-refractivity contribution in [2.45, 2.75) is 19.4 Å². The zero-order valence-electron chi connectivity index (χ0n) is 14.9. The van der Waals surface area contributed by atoms with E-state index >= 15 is 0 Å². The Hall–Kier alpha value is -3.54. The third-order valence-corrected chi connectivity index (χ3v) is 4.26. The van der Waals surface area contributed by atoms with Crippen LogP contribution in [0.15, 0.2) is 71.7 Å². The molecule has 1 aromatic heterocycles. The fraction of sp³-hybridized carbons (Fsp3) is 0.143. The minimum atomic E-state index is -0.247. The number of nitrogens with one attached hydrogen (secondary N) is 2. The lowest BCUT2D eigenvalue weighted by Crippen LogP contribution is -2.16. The van der Waals surface area contributed by atoms with Crippen LogP contribution in [0.2, 0.25) is 0 Å². The quantitative estimate of drug-likeness (QED) is 0.708. The van der Waals surface area contributed by atoms with Crippen LogP contribution in [0.3, 0.4) is 0 Å². The zero-order chi connectivity index (χ0) is 18.8. The van der Waals surface area contributed by atoms with Gasteiger partial charge in [0, 0.05) is 23.4 Å². The van der Waals surface area contributed by atoms with E-state index < -0.39 is 0 Å². The molecule has 2 aromatic carbocycles. The molecule has 6 heteroatoms. The van der Waals surface area contributed by atoms with E-state index in [9.17, 15) is 4.79 Å². The first-order chi connectivity index (χ1) is 13.1. The summed E-state index contributed by atoms with van der Waals surface area (Å²) in [5.74, 6) is 0.926. The molecule has 136 valence electrons. The molecule has 1 amide bonds. The van der Waals surface area contributed by atoms with Gasteiger partial charge in [0.2, 0.25) is 0 Å². The van der Waals surface area contributed by atoms with Crippen molar-refractivity contribution < 1.29 is 13.9 Å². The number of oxazole rings is 1. The molecular weight excluding hydrogens is 342 g/mol. The minimum Gasteiger partial charge on any atom is -0.487 e. The summed E-state index contributed by atoms with van der Waals surface area (Å²) >= 11 is 0. The van der Waals surface area contributed by atoms with Gasteiger partial charge in [0.25, 0.3) is 5.91 Å². The van der Waals surface area contributed by atoms with E-state index in [1.165, 1.54) is 6.39 Å². The highest BCUT2D eigenvalue weighted by Gasteiger charge is 2.22. The molecule has 4 rings (SSSR count). The molecule has 2 heterocycles. The molecule has 0 aliphatic carbocycles. The van der Waals surface area contributed by atoms with Crippen LogP contribution in [0.25, 0.3) is 11.3 Å². The summed E-state index contributed by atoms with van der Waals surface area (Å²) < 4.78 is 11.3. The Kier molecular flexibility index (Phi) is 4.38. The minimum absolute atomic E-state index is 0.0741. The van der Waals surface area contributed by atoms with E-state index in [1.807, 2.05) is 43.3 Å². The molecule has 1 aliphatic heterocycles. The number of hydrogen-bond donors (Lipinski definition) is 2. The van der Waals surface area contributed by atoms with Crippen molar-refractivity contribution in [3.63, 3.8) is 0 Å². The number of ether oxygens (including phenoxy) is 1. The Morgan fingerprint density at radius 3 is 2.96 bits per heavy atom. The summed E-state index contributed by atoms with van der Waals surface area (Å²) in [5, 5.41) is 6.15. The van der Waals surface area contributed by atoms with Crippen LogP contribution in [0.4, 0.5) is 11.4 Å². The van der Waals surface area contributed by atoms with Crippen molar-refractivity contribution in [1.29, 1.82) is 0 Å². The molecule has 1 atom stereocenters. The SMILES string of the molecule is C=C1C[C@H](C)Oc2c(cccc2C(=O)Nc2cccc(-c3cnco3)c2)N1. The lowest BCUT2D eigenvalue weighted by Gasteiger charge is -2.16. The molecule has 0 saturated heterocycles. The lowest BCUT2D eigenvalue weighted by molar-refractivity contribution is 0.102. The number of carbonyl (C=O) groups is 1. The maximum absolute atomic E-state index is 12.9. The average Bonchev–Trinajstić information content (AvgIpc) is 3.13. The Morgan fingerprint density at radius 1 is 1.30 bits per heavy atom. The van der Waals surface area contributed by atoms with E-state index in [-0.39, 0.29) is 12.0 Å². The van der Waals surface area contributed by atoms with Crippen LogP contribution >= 0.6 is 0 Å². The van der Waals surface area contributed by atoms with E-state index in [1.54, 1.807) is 12.3 Å². The Morgan fingerprint density at radius 2 is 2.15 bits per heavy atom. The van der Waals surface area contributed by atoms with Gasteiger partial charge in [0.05, 0.1) is 17.4 Å². The number of hydrogen-bond acceptors (Lipinski definition) is 5. The van der Waals surface area contributed by atoms with Crippen LogP contribution in [0.5, 0.6) is 5.75 Å². The second-order valence-electron chi connectivity index (χ2n) is 6.44. The Bertz CT molecular complexity index is 996. The summed E-state index contributed by atoms with van der Waals surface area (Å²) in [6, 6.07) is 12.8. The van der Waals surface area contributed by atoms with Gasteiger partial charge in [-0.15, -0.1) is 0 Å². The Labute approximate surface area is 156 Å². The molecule has 0 fully saturated rings. The number of aromatic nitrogens is 1. The Balaban J connectivity index is 1.62. The summed E-state index contributed by atoms with van der Waals surface area (Å²) in [4.78, 5) is 16.8. The largest absolute Gasteiger partial charge is 0.487 e. The van der Waals surface area contributed by atoms with Crippen LogP contribution in [0.1, 0.15) is 23.7 Å². The number of fused-ring (bicyclic) bond motifs is 1. The summed E-state index contributed by atoms with van der Waals surface area (Å²) in [7, 11) is 0. The lowest BCUT2D eigenvalue weighted by atomic mass is 10.1. The second-order valence-corrected chi connectivity index (χ2v) is 6.44. The van der Waals surface area contributed by atoms with Crippen molar-refractivity contribution in [3.05, 3.63) is 72.9 Å². The highest BCUT2D eigenvalue weighted by Crippen LogP contribution is 2.35. The first-order valence-electron chi connectivity index (χ1n) is 8.65. The predicted octanol–water partition coefficient (Wildman–Crippen LogP) is 4.69. The van der Waals surface area contributed by atoms with Crippen molar-refractivity contribution in [1.82, 2.24) is 4.98 Å². The van der Waals surface area contributed by atoms with Gasteiger partial charge in [-0.1, -0.05) is 24.8 Å². The number of amides is 1. The molecule has 6 nitrogen and oxygen atoms in total. The van der Waals surface area contributed by atoms with Gasteiger partial charge in [-0.2, -0.15) is 0 Å². The van der Waals surface area contributed by atoms with Gasteiger partial charge in [-0.3, -0.25) is 4.79 Å². The topological polar surface area (TPSA) is 76.4 Å². The number of carbonyl (C=O) groups excluding carboxylic acids is 1. The molecule has 2 N–H and O–H groups in total. The highest BCUT2D eigenvalue weighted by molar-refractivity contribution is 6.07. The number of nitrogens with zero attached hydrogens (tertiary/aromatic N) is 1. The first-order valence-corrected chi connectivity index (χ1v) is 8.65. The van der Waals surface area contributed by atoms with E-state index in [2.05, 4.69) is 22.2 Å². The monoisotopic (exact) mass is 361 g/mol. The number of rotatable bonds is 3. The molecule has 0 radical (unpaired) electrons. The predicted molar refractivity (Wildman–Crippen MR) is 104 cm³/mol. The molecule has 3 aromatic rings. The average molecular weight is 361 g/mol. The van der Waals surface area contributed by atoms with Crippen molar-refractivity contribution in [3.8, 4) is 17.1 Å². The summed E-state index contributed by atoms with van der Waals surface area (Å²) in [6.07, 6.45) is 3.61. The number of para-hydroxylation sites is 1. The van der Waals surface area contributed by atoms with Gasteiger partial charge in [-0.25, -0.2) is 4.98 Å². The van der Waals surface area contributed by atoms with Crippen molar-refractivity contribution >= 4 is 17.3 Å². The third kappa shape index (κ3) is 3.55. The number of anilines is 2. The zero-order valence-corrected chi connectivity index (χ0v) is 14.9. The smallest absolute Gasteiger partial charge is 0.259 e. The molecule has 1 aliphatic rings. The highest BCUT2D eigenvalue weighted by atomic mass is 16.5. The van der Waals surface area contributed by atoms with E-state index in [0.717, 1.165) is 16.9 Å². The van der Waals surface area contributed by atoms with E-state index in [0.29, 0.717) is 29.2 Å². The summed E-state index contributed by atoms with van der Waals surface area (Å²) in [5.41, 5.74) is 3.56. The summed E-state index contributed by atoms with van der Waals surface area (Å²) in [6.45, 7) is 5.95. The molecule has 0 spiro atoms. The van der Waals surface area contributed by atoms with Crippen LogP contribution in [-0.4, -0.2) is 17.0 Å². The number of benzene rings is 2. The fourth-order valence-electron chi connectivity index (χ4n) is 3.08. The maximum atomic E-state index is 12.9. The molecule has 0 bridgehead atoms. The second kappa shape index (κ2) is 6.99. The first kappa shape index (κ1) is 16.9. The van der Waals surface area contributed by atoms with Crippen LogP contribution in [0, 0.1) is 0 Å². The van der Waals surface area contributed by atoms with E-state index in [4.69, 9.17) is 9.15 Å². The molecule has 27 heavy (non-hydrogen) atoms. The van der Waals surface area contributed by atoms with Crippen molar-refractivity contribution in [2.75, 3.05) is 10.6 Å². The van der Waals surface area contributed by atoms with Gasteiger partial charge in [0.1, 0.15) is 6.10 Å². The van der Waals surface area contributed by atoms with Gasteiger partial charge >= 0.3 is 0 Å². The standard InChI is InChI=1S/C21H19N3O3/c1-13-9-14(2)27-20-17(7-4-8-18(20)23-13)21(25)24-16-6-3-5-15(10-16)19-11-22-12-26-19/h3-8,10-12,14,23H,1,9H2,2H3,(H,24,25)/t14-/m0/s1. The van der Waals surface area contributed by atoms with Crippen LogP contribution in [-0.2, 0) is 0 Å².